The summed E-state index contributed by atoms with van der Waals surface area (Å²) in [6.45, 7) is 10.0. The van der Waals surface area contributed by atoms with E-state index in [1.54, 1.807) is 0 Å². The molecule has 1 rings (SSSR count). The lowest BCUT2D eigenvalue weighted by Gasteiger charge is -2.20. The van der Waals surface area contributed by atoms with E-state index in [0.29, 0.717) is 5.82 Å². The van der Waals surface area contributed by atoms with Crippen molar-refractivity contribution in [2.75, 3.05) is 11.9 Å². The Morgan fingerprint density at radius 1 is 1.33 bits per heavy atom. The monoisotopic (exact) mass is 250 g/mol. The maximum absolute atomic E-state index is 11.7. The number of anilines is 1. The predicted molar refractivity (Wildman–Crippen MR) is 72.5 cm³/mol. The van der Waals surface area contributed by atoms with Crippen molar-refractivity contribution >= 4 is 11.7 Å². The van der Waals surface area contributed by atoms with Gasteiger partial charge in [-0.2, -0.15) is 0 Å². The Balaban J connectivity index is 2.58. The van der Waals surface area contributed by atoms with Crippen LogP contribution in [0.1, 0.15) is 39.2 Å². The molecule has 0 aliphatic carbocycles. The molecule has 0 radical (unpaired) electrons. The second kappa shape index (κ2) is 5.80. The fourth-order valence-corrected chi connectivity index (χ4v) is 1.51. The Kier molecular flexibility index (Phi) is 4.64. The van der Waals surface area contributed by atoms with Gasteiger partial charge in [0.2, 0.25) is 5.91 Å². The minimum absolute atomic E-state index is 0.0446. The van der Waals surface area contributed by atoms with Crippen molar-refractivity contribution in [2.24, 2.45) is 0 Å². The van der Waals surface area contributed by atoms with Crippen LogP contribution in [0.3, 0.4) is 0 Å². The standard InChI is InChI=1S/C13H22N4O/c1-6-10-15-9(2)7-11(16-10)14-8-12(18)17-13(3,4)5/h7H,6,8H2,1-5H3,(H,17,18)(H,14,15,16). The molecule has 5 heteroatoms. The summed E-state index contributed by atoms with van der Waals surface area (Å²) in [5, 5.41) is 5.91. The first-order valence-electron chi connectivity index (χ1n) is 6.19. The number of hydrogen-bond donors (Lipinski definition) is 2. The molecule has 1 aromatic rings. The first-order valence-corrected chi connectivity index (χ1v) is 6.19. The molecule has 0 spiro atoms. The van der Waals surface area contributed by atoms with Crippen molar-refractivity contribution in [3.05, 3.63) is 17.6 Å². The lowest BCUT2D eigenvalue weighted by molar-refractivity contribution is -0.120. The molecular formula is C13H22N4O. The highest BCUT2D eigenvalue weighted by molar-refractivity contribution is 5.81. The molecule has 0 aromatic carbocycles. The van der Waals surface area contributed by atoms with Crippen LogP contribution in [-0.4, -0.2) is 28.0 Å². The van der Waals surface area contributed by atoms with Crippen LogP contribution >= 0.6 is 0 Å². The molecule has 0 saturated carbocycles. The zero-order valence-electron chi connectivity index (χ0n) is 11.8. The van der Waals surface area contributed by atoms with Gasteiger partial charge >= 0.3 is 0 Å². The molecule has 1 aromatic heterocycles. The van der Waals surface area contributed by atoms with Crippen LogP contribution in [0.4, 0.5) is 5.82 Å². The number of rotatable bonds is 4. The first kappa shape index (κ1) is 14.4. The summed E-state index contributed by atoms with van der Waals surface area (Å²) in [6, 6.07) is 1.84. The predicted octanol–water partition coefficient (Wildman–Crippen LogP) is 1.67. The summed E-state index contributed by atoms with van der Waals surface area (Å²) in [7, 11) is 0. The van der Waals surface area contributed by atoms with Gasteiger partial charge in [0.05, 0.1) is 6.54 Å². The lowest BCUT2D eigenvalue weighted by Crippen LogP contribution is -2.43. The third kappa shape index (κ3) is 5.12. The van der Waals surface area contributed by atoms with Gasteiger partial charge in [-0.25, -0.2) is 9.97 Å². The van der Waals surface area contributed by atoms with E-state index in [1.165, 1.54) is 0 Å². The summed E-state index contributed by atoms with van der Waals surface area (Å²) in [5.41, 5.74) is 0.690. The van der Waals surface area contributed by atoms with E-state index in [9.17, 15) is 4.79 Å². The Hall–Kier alpha value is -1.65. The number of carbonyl (C=O) groups is 1. The average Bonchev–Trinajstić information content (AvgIpc) is 2.23. The number of amides is 1. The molecular weight excluding hydrogens is 228 g/mol. The largest absolute Gasteiger partial charge is 0.361 e. The maximum Gasteiger partial charge on any atom is 0.239 e. The lowest BCUT2D eigenvalue weighted by atomic mass is 10.1. The molecule has 5 nitrogen and oxygen atoms in total. The second-order valence-electron chi connectivity index (χ2n) is 5.32. The summed E-state index contributed by atoms with van der Waals surface area (Å²) >= 11 is 0. The van der Waals surface area contributed by atoms with Gasteiger partial charge in [0.15, 0.2) is 0 Å². The Morgan fingerprint density at radius 3 is 2.56 bits per heavy atom. The van der Waals surface area contributed by atoms with Crippen LogP contribution in [-0.2, 0) is 11.2 Å². The zero-order chi connectivity index (χ0) is 13.8. The molecule has 18 heavy (non-hydrogen) atoms. The van der Waals surface area contributed by atoms with Crippen molar-refractivity contribution in [3.8, 4) is 0 Å². The van der Waals surface area contributed by atoms with Crippen molar-refractivity contribution in [3.63, 3.8) is 0 Å². The Bertz CT molecular complexity index is 423. The van der Waals surface area contributed by atoms with E-state index in [1.807, 2.05) is 40.7 Å². The van der Waals surface area contributed by atoms with Gasteiger partial charge in [0.1, 0.15) is 11.6 Å². The van der Waals surface area contributed by atoms with Crippen molar-refractivity contribution in [2.45, 2.75) is 46.6 Å². The molecule has 0 unspecified atom stereocenters. The SMILES string of the molecule is CCc1nc(C)cc(NCC(=O)NC(C)(C)C)n1. The van der Waals surface area contributed by atoms with Gasteiger partial charge in [0, 0.05) is 23.7 Å². The van der Waals surface area contributed by atoms with E-state index in [-0.39, 0.29) is 18.0 Å². The van der Waals surface area contributed by atoms with Crippen LogP contribution in [0, 0.1) is 6.92 Å². The van der Waals surface area contributed by atoms with E-state index in [2.05, 4.69) is 20.6 Å². The third-order valence-corrected chi connectivity index (χ3v) is 2.16. The van der Waals surface area contributed by atoms with Crippen LogP contribution in [0.25, 0.3) is 0 Å². The van der Waals surface area contributed by atoms with Crippen LogP contribution in [0.2, 0.25) is 0 Å². The minimum Gasteiger partial charge on any atom is -0.361 e. The summed E-state index contributed by atoms with van der Waals surface area (Å²) in [5.74, 6) is 1.44. The highest BCUT2D eigenvalue weighted by Gasteiger charge is 2.13. The van der Waals surface area contributed by atoms with E-state index >= 15 is 0 Å². The van der Waals surface area contributed by atoms with Gasteiger partial charge in [-0.05, 0) is 27.7 Å². The normalized spacial score (nSPS) is 11.2. The molecule has 100 valence electrons. The molecule has 1 heterocycles. The van der Waals surface area contributed by atoms with Crippen LogP contribution < -0.4 is 10.6 Å². The zero-order valence-corrected chi connectivity index (χ0v) is 11.8. The second-order valence-corrected chi connectivity index (χ2v) is 5.32. The Labute approximate surface area is 108 Å². The number of carbonyl (C=O) groups excluding carboxylic acids is 1. The highest BCUT2D eigenvalue weighted by Crippen LogP contribution is 2.06. The molecule has 0 aliphatic heterocycles. The van der Waals surface area contributed by atoms with Gasteiger partial charge in [-0.1, -0.05) is 6.92 Å². The maximum atomic E-state index is 11.7. The van der Waals surface area contributed by atoms with E-state index in [0.717, 1.165) is 17.9 Å². The quantitative estimate of drug-likeness (QED) is 0.853. The van der Waals surface area contributed by atoms with Gasteiger partial charge < -0.3 is 10.6 Å². The number of aromatic nitrogens is 2. The number of nitrogens with zero attached hydrogens (tertiary/aromatic N) is 2. The van der Waals surface area contributed by atoms with E-state index < -0.39 is 0 Å². The first-order chi connectivity index (χ1) is 8.30. The van der Waals surface area contributed by atoms with E-state index in [4.69, 9.17) is 0 Å². The molecule has 0 saturated heterocycles. The fourth-order valence-electron chi connectivity index (χ4n) is 1.51. The van der Waals surface area contributed by atoms with Crippen molar-refractivity contribution < 1.29 is 4.79 Å². The van der Waals surface area contributed by atoms with Crippen molar-refractivity contribution in [1.29, 1.82) is 0 Å². The number of aryl methyl sites for hydroxylation is 2. The third-order valence-electron chi connectivity index (χ3n) is 2.16. The molecule has 1 amide bonds. The van der Waals surface area contributed by atoms with Crippen molar-refractivity contribution in [1.82, 2.24) is 15.3 Å². The van der Waals surface area contributed by atoms with Crippen LogP contribution in [0.5, 0.6) is 0 Å². The minimum atomic E-state index is -0.213. The molecule has 0 aliphatic rings. The van der Waals surface area contributed by atoms with Gasteiger partial charge in [-0.3, -0.25) is 4.79 Å². The molecule has 0 fully saturated rings. The topological polar surface area (TPSA) is 66.9 Å². The highest BCUT2D eigenvalue weighted by atomic mass is 16.2. The smallest absolute Gasteiger partial charge is 0.239 e. The fraction of sp³-hybridized carbons (Fsp3) is 0.615. The van der Waals surface area contributed by atoms with Crippen LogP contribution in [0.15, 0.2) is 6.07 Å². The molecule has 0 atom stereocenters. The van der Waals surface area contributed by atoms with Gasteiger partial charge in [0.25, 0.3) is 0 Å². The molecule has 2 N–H and O–H groups in total. The average molecular weight is 250 g/mol. The number of hydrogen-bond acceptors (Lipinski definition) is 4. The summed E-state index contributed by atoms with van der Waals surface area (Å²) in [6.07, 6.45) is 0.782. The number of nitrogens with one attached hydrogen (secondary N) is 2. The summed E-state index contributed by atoms with van der Waals surface area (Å²) < 4.78 is 0. The van der Waals surface area contributed by atoms with Gasteiger partial charge in [-0.15, -0.1) is 0 Å². The Morgan fingerprint density at radius 2 is 2.00 bits per heavy atom. The summed E-state index contributed by atoms with van der Waals surface area (Å²) in [4.78, 5) is 20.3. The molecule has 0 bridgehead atoms.